The van der Waals surface area contributed by atoms with Crippen LogP contribution in [0.25, 0.3) is 0 Å². The van der Waals surface area contributed by atoms with Gasteiger partial charge in [-0.15, -0.1) is 0 Å². The number of thioether (sulfide) groups is 2. The van der Waals surface area contributed by atoms with Crippen molar-refractivity contribution in [1.29, 1.82) is 0 Å². The van der Waals surface area contributed by atoms with E-state index in [0.29, 0.717) is 0 Å². The second-order valence-corrected chi connectivity index (χ2v) is 4.77. The first-order valence-electron chi connectivity index (χ1n) is 2.29. The summed E-state index contributed by atoms with van der Waals surface area (Å²) < 4.78 is 0. The van der Waals surface area contributed by atoms with E-state index < -0.39 is 0 Å². The second kappa shape index (κ2) is 8.40. The number of hydrogen-bond acceptors (Lipinski definition) is 4. The van der Waals surface area contributed by atoms with E-state index in [-0.39, 0.29) is 0 Å². The molecule has 50 valence electrons. The number of rotatable bonds is 5. The van der Waals surface area contributed by atoms with Crippen LogP contribution in [0, 0.1) is 0 Å². The van der Waals surface area contributed by atoms with E-state index in [1.54, 1.807) is 0 Å². The first kappa shape index (κ1) is 9.40. The highest BCUT2D eigenvalue weighted by atomic mass is 32.2. The van der Waals surface area contributed by atoms with Crippen LogP contribution >= 0.6 is 48.8 Å². The summed E-state index contributed by atoms with van der Waals surface area (Å²) in [6.07, 6.45) is 0. The lowest BCUT2D eigenvalue weighted by Gasteiger charge is -1.93. The van der Waals surface area contributed by atoms with Crippen molar-refractivity contribution in [3.63, 3.8) is 0 Å². The van der Waals surface area contributed by atoms with Gasteiger partial charge in [-0.3, -0.25) is 0 Å². The standard InChI is InChI=1S/C4H10S4/c5-3-7-1-2-8-4-6/h5-6H,1-4H2. The Morgan fingerprint density at radius 1 is 0.875 bits per heavy atom. The molecule has 0 saturated carbocycles. The highest BCUT2D eigenvalue weighted by Crippen LogP contribution is 2.07. The highest BCUT2D eigenvalue weighted by Gasteiger charge is 1.83. The molecule has 0 spiro atoms. The topological polar surface area (TPSA) is 0 Å². The summed E-state index contributed by atoms with van der Waals surface area (Å²) in [5, 5.41) is 1.88. The van der Waals surface area contributed by atoms with Gasteiger partial charge in [0.25, 0.3) is 0 Å². The van der Waals surface area contributed by atoms with Crippen molar-refractivity contribution in [2.45, 2.75) is 0 Å². The average Bonchev–Trinajstić information content (AvgIpc) is 1.81. The van der Waals surface area contributed by atoms with Gasteiger partial charge in [0, 0.05) is 21.7 Å². The molecule has 0 aliphatic heterocycles. The molecule has 0 aliphatic rings. The maximum Gasteiger partial charge on any atom is 0.0362 e. The van der Waals surface area contributed by atoms with Gasteiger partial charge in [0.05, 0.1) is 0 Å². The van der Waals surface area contributed by atoms with Crippen molar-refractivity contribution >= 4 is 48.8 Å². The fourth-order valence-electron chi connectivity index (χ4n) is 0.247. The zero-order valence-corrected chi connectivity index (χ0v) is 7.96. The normalized spacial score (nSPS) is 9.75. The summed E-state index contributed by atoms with van der Waals surface area (Å²) >= 11 is 11.8. The minimum Gasteiger partial charge on any atom is -0.168 e. The minimum atomic E-state index is 0.938. The monoisotopic (exact) mass is 186 g/mol. The molecule has 0 rings (SSSR count). The molecule has 0 nitrogen and oxygen atoms in total. The molecule has 0 unspecified atom stereocenters. The van der Waals surface area contributed by atoms with E-state index in [9.17, 15) is 0 Å². The molecule has 0 aromatic heterocycles. The Morgan fingerprint density at radius 3 is 1.50 bits per heavy atom. The van der Waals surface area contributed by atoms with E-state index in [2.05, 4.69) is 25.3 Å². The van der Waals surface area contributed by atoms with Gasteiger partial charge < -0.3 is 0 Å². The molecule has 0 aromatic carbocycles. The summed E-state index contributed by atoms with van der Waals surface area (Å²) in [4.78, 5) is 0. The van der Waals surface area contributed by atoms with Gasteiger partial charge in [0.1, 0.15) is 0 Å². The van der Waals surface area contributed by atoms with E-state index in [4.69, 9.17) is 0 Å². The lowest BCUT2D eigenvalue weighted by Crippen LogP contribution is -1.81. The second-order valence-electron chi connectivity index (χ2n) is 1.07. The maximum atomic E-state index is 4.06. The first-order chi connectivity index (χ1) is 3.91. The van der Waals surface area contributed by atoms with E-state index in [1.807, 2.05) is 23.5 Å². The Balaban J connectivity index is 2.53. The van der Waals surface area contributed by atoms with Crippen LogP contribution in [0.15, 0.2) is 0 Å². The van der Waals surface area contributed by atoms with Crippen LogP contribution in [-0.2, 0) is 0 Å². The van der Waals surface area contributed by atoms with Crippen molar-refractivity contribution in [2.24, 2.45) is 0 Å². The maximum absolute atomic E-state index is 4.06. The molecule has 0 aliphatic carbocycles. The third-order valence-corrected chi connectivity index (χ3v) is 3.26. The Hall–Kier alpha value is 1.40. The summed E-state index contributed by atoms with van der Waals surface area (Å²) in [6.45, 7) is 0. The van der Waals surface area contributed by atoms with Crippen molar-refractivity contribution in [2.75, 3.05) is 21.7 Å². The lowest BCUT2D eigenvalue weighted by atomic mass is 11.0. The van der Waals surface area contributed by atoms with Gasteiger partial charge in [-0.25, -0.2) is 0 Å². The molecule has 0 aromatic rings. The summed E-state index contributed by atoms with van der Waals surface area (Å²) in [6, 6.07) is 0. The van der Waals surface area contributed by atoms with Crippen LogP contribution in [0.1, 0.15) is 0 Å². The third kappa shape index (κ3) is 7.40. The molecule has 8 heavy (non-hydrogen) atoms. The Morgan fingerprint density at radius 2 is 1.25 bits per heavy atom. The van der Waals surface area contributed by atoms with Crippen LogP contribution < -0.4 is 0 Å². The van der Waals surface area contributed by atoms with Gasteiger partial charge in [-0.05, 0) is 0 Å². The van der Waals surface area contributed by atoms with Crippen molar-refractivity contribution in [3.05, 3.63) is 0 Å². The van der Waals surface area contributed by atoms with Crippen LogP contribution in [0.4, 0.5) is 0 Å². The number of hydrogen-bond donors (Lipinski definition) is 2. The average molecular weight is 186 g/mol. The summed E-state index contributed by atoms with van der Waals surface area (Å²) in [5.41, 5.74) is 0. The molecule has 4 heteroatoms. The minimum absolute atomic E-state index is 0.938. The molecule has 0 bridgehead atoms. The molecule has 0 amide bonds. The predicted molar refractivity (Wildman–Crippen MR) is 52.6 cm³/mol. The molecular formula is C4H10S4. The highest BCUT2D eigenvalue weighted by molar-refractivity contribution is 8.12. The zero-order valence-electron chi connectivity index (χ0n) is 4.54. The van der Waals surface area contributed by atoms with Gasteiger partial charge >= 0.3 is 0 Å². The van der Waals surface area contributed by atoms with Gasteiger partial charge in [0.2, 0.25) is 0 Å². The van der Waals surface area contributed by atoms with Crippen molar-refractivity contribution in [1.82, 2.24) is 0 Å². The Kier molecular flexibility index (Phi) is 9.87. The van der Waals surface area contributed by atoms with Gasteiger partial charge in [0.15, 0.2) is 0 Å². The van der Waals surface area contributed by atoms with Crippen molar-refractivity contribution in [3.8, 4) is 0 Å². The van der Waals surface area contributed by atoms with Crippen molar-refractivity contribution < 1.29 is 0 Å². The Bertz CT molecular complexity index is 33.0. The summed E-state index contributed by atoms with van der Waals surface area (Å²) in [5.74, 6) is 2.41. The largest absolute Gasteiger partial charge is 0.168 e. The molecule has 0 saturated heterocycles. The van der Waals surface area contributed by atoms with Crippen LogP contribution in [-0.4, -0.2) is 21.7 Å². The Labute approximate surface area is 70.4 Å². The predicted octanol–water partition coefficient (Wildman–Crippen LogP) is 2.23. The fraction of sp³-hybridized carbons (Fsp3) is 1.00. The summed E-state index contributed by atoms with van der Waals surface area (Å²) in [7, 11) is 0. The SMILES string of the molecule is SCSCCSCS. The number of thiol groups is 2. The smallest absolute Gasteiger partial charge is 0.0362 e. The molecule has 0 heterocycles. The van der Waals surface area contributed by atoms with E-state index in [1.165, 1.54) is 11.5 Å². The molecule has 0 atom stereocenters. The first-order valence-corrected chi connectivity index (χ1v) is 5.86. The zero-order chi connectivity index (χ0) is 6.24. The van der Waals surface area contributed by atoms with Crippen LogP contribution in [0.5, 0.6) is 0 Å². The lowest BCUT2D eigenvalue weighted by molar-refractivity contribution is 1.56. The van der Waals surface area contributed by atoms with E-state index >= 15 is 0 Å². The van der Waals surface area contributed by atoms with Crippen LogP contribution in [0.2, 0.25) is 0 Å². The van der Waals surface area contributed by atoms with Crippen LogP contribution in [0.3, 0.4) is 0 Å². The van der Waals surface area contributed by atoms with Gasteiger partial charge in [-0.2, -0.15) is 48.8 Å². The fourth-order valence-corrected chi connectivity index (χ4v) is 2.22. The molecule has 0 radical (unpaired) electrons. The quantitative estimate of drug-likeness (QED) is 0.384. The third-order valence-electron chi connectivity index (χ3n) is 0.555. The van der Waals surface area contributed by atoms with Gasteiger partial charge in [-0.1, -0.05) is 0 Å². The molecule has 0 N–H and O–H groups in total. The molecular weight excluding hydrogens is 176 g/mol. The molecule has 0 fully saturated rings. The van der Waals surface area contributed by atoms with E-state index in [0.717, 1.165) is 10.2 Å².